The lowest BCUT2D eigenvalue weighted by Crippen LogP contribution is -2.39. The predicted molar refractivity (Wildman–Crippen MR) is 58.6 cm³/mol. The maximum atomic E-state index is 5.63. The molecule has 0 aliphatic heterocycles. The van der Waals surface area contributed by atoms with E-state index in [1.807, 2.05) is 0 Å². The summed E-state index contributed by atoms with van der Waals surface area (Å²) in [6.45, 7) is 4.71. The second-order valence-corrected chi connectivity index (χ2v) is 5.20. The van der Waals surface area contributed by atoms with E-state index < -0.39 is 0 Å². The topological polar surface area (TPSA) is 63.8 Å². The summed E-state index contributed by atoms with van der Waals surface area (Å²) in [6.07, 6.45) is 2.49. The second kappa shape index (κ2) is 3.47. The normalized spacial score (nSPS) is 17.1. The molecule has 3 N–H and O–H groups in total. The number of aromatic nitrogens is 2. The van der Waals surface area contributed by atoms with Gasteiger partial charge in [0.2, 0.25) is 5.13 Å². The molecule has 0 radical (unpaired) electrons. The van der Waals surface area contributed by atoms with Gasteiger partial charge in [0.1, 0.15) is 5.82 Å². The van der Waals surface area contributed by atoms with Gasteiger partial charge in [0, 0.05) is 29.5 Å². The SMILES string of the molecule is CC(C)(CN)Nc1nc(C2CC2)ns1. The predicted octanol–water partition coefficient (Wildman–Crippen LogP) is 1.56. The number of hydrogen-bond donors (Lipinski definition) is 2. The first kappa shape index (κ1) is 9.86. The maximum Gasteiger partial charge on any atom is 0.203 e. The van der Waals surface area contributed by atoms with Crippen molar-refractivity contribution in [3.63, 3.8) is 0 Å². The third-order valence-corrected chi connectivity index (χ3v) is 2.98. The number of nitrogens with one attached hydrogen (secondary N) is 1. The van der Waals surface area contributed by atoms with E-state index in [1.165, 1.54) is 24.4 Å². The molecule has 0 unspecified atom stereocenters. The molecular weight excluding hydrogens is 196 g/mol. The summed E-state index contributed by atoms with van der Waals surface area (Å²) in [4.78, 5) is 4.45. The summed E-state index contributed by atoms with van der Waals surface area (Å²) in [5, 5.41) is 4.18. The molecule has 1 heterocycles. The fourth-order valence-corrected chi connectivity index (χ4v) is 1.96. The van der Waals surface area contributed by atoms with Crippen LogP contribution in [0.1, 0.15) is 38.4 Å². The zero-order chi connectivity index (χ0) is 10.2. The van der Waals surface area contributed by atoms with Gasteiger partial charge in [0.05, 0.1) is 0 Å². The van der Waals surface area contributed by atoms with Crippen molar-refractivity contribution in [2.24, 2.45) is 5.73 Å². The highest BCUT2D eigenvalue weighted by atomic mass is 32.1. The minimum atomic E-state index is -0.0969. The molecule has 0 bridgehead atoms. The van der Waals surface area contributed by atoms with E-state index in [4.69, 9.17) is 5.73 Å². The molecule has 0 saturated heterocycles. The van der Waals surface area contributed by atoms with E-state index >= 15 is 0 Å². The smallest absolute Gasteiger partial charge is 0.203 e. The van der Waals surface area contributed by atoms with Crippen molar-refractivity contribution in [2.75, 3.05) is 11.9 Å². The Morgan fingerprint density at radius 3 is 2.86 bits per heavy atom. The number of nitrogens with two attached hydrogens (primary N) is 1. The lowest BCUT2D eigenvalue weighted by Gasteiger charge is -2.23. The average molecular weight is 212 g/mol. The highest BCUT2D eigenvalue weighted by Gasteiger charge is 2.28. The van der Waals surface area contributed by atoms with Crippen molar-refractivity contribution in [3.8, 4) is 0 Å². The van der Waals surface area contributed by atoms with Crippen LogP contribution < -0.4 is 11.1 Å². The number of rotatable bonds is 4. The number of nitrogens with zero attached hydrogens (tertiary/aromatic N) is 2. The van der Waals surface area contributed by atoms with Crippen molar-refractivity contribution in [1.29, 1.82) is 0 Å². The van der Waals surface area contributed by atoms with Crippen LogP contribution in [-0.4, -0.2) is 21.4 Å². The maximum absolute atomic E-state index is 5.63. The first-order chi connectivity index (χ1) is 6.61. The van der Waals surface area contributed by atoms with Gasteiger partial charge < -0.3 is 11.1 Å². The van der Waals surface area contributed by atoms with Crippen molar-refractivity contribution in [2.45, 2.75) is 38.1 Å². The van der Waals surface area contributed by atoms with Gasteiger partial charge in [-0.25, -0.2) is 4.98 Å². The third-order valence-electron chi connectivity index (χ3n) is 2.34. The number of anilines is 1. The van der Waals surface area contributed by atoms with Crippen LogP contribution in [0.15, 0.2) is 0 Å². The van der Waals surface area contributed by atoms with Crippen LogP contribution in [0, 0.1) is 0 Å². The van der Waals surface area contributed by atoms with Crippen molar-refractivity contribution < 1.29 is 0 Å². The van der Waals surface area contributed by atoms with E-state index in [-0.39, 0.29) is 5.54 Å². The molecule has 1 aromatic rings. The monoisotopic (exact) mass is 212 g/mol. The fraction of sp³-hybridized carbons (Fsp3) is 0.778. The van der Waals surface area contributed by atoms with Gasteiger partial charge in [0.15, 0.2) is 0 Å². The van der Waals surface area contributed by atoms with Gasteiger partial charge in [-0.1, -0.05) is 0 Å². The third kappa shape index (κ3) is 2.22. The van der Waals surface area contributed by atoms with Gasteiger partial charge in [-0.2, -0.15) is 4.37 Å². The lowest BCUT2D eigenvalue weighted by molar-refractivity contribution is 0.579. The molecule has 14 heavy (non-hydrogen) atoms. The summed E-state index contributed by atoms with van der Waals surface area (Å²) in [7, 11) is 0. The molecule has 0 atom stereocenters. The van der Waals surface area contributed by atoms with Crippen LogP contribution in [-0.2, 0) is 0 Å². The van der Waals surface area contributed by atoms with E-state index in [1.54, 1.807) is 0 Å². The van der Waals surface area contributed by atoms with Crippen molar-refractivity contribution in [3.05, 3.63) is 5.82 Å². The molecule has 1 aromatic heterocycles. The largest absolute Gasteiger partial charge is 0.354 e. The average Bonchev–Trinajstić information content (AvgIpc) is 2.89. The minimum absolute atomic E-state index is 0.0969. The Bertz CT molecular complexity index is 316. The highest BCUT2D eigenvalue weighted by molar-refractivity contribution is 7.09. The van der Waals surface area contributed by atoms with Crippen LogP contribution in [0.4, 0.5) is 5.13 Å². The van der Waals surface area contributed by atoms with Crippen LogP contribution >= 0.6 is 11.5 Å². The molecule has 1 fully saturated rings. The van der Waals surface area contributed by atoms with Gasteiger partial charge in [-0.3, -0.25) is 0 Å². The van der Waals surface area contributed by atoms with Gasteiger partial charge in [-0.05, 0) is 26.7 Å². The first-order valence-corrected chi connectivity index (χ1v) is 5.70. The molecule has 4 nitrogen and oxygen atoms in total. The summed E-state index contributed by atoms with van der Waals surface area (Å²) in [5.74, 6) is 1.63. The van der Waals surface area contributed by atoms with Crippen LogP contribution in [0.5, 0.6) is 0 Å². The summed E-state index contributed by atoms with van der Waals surface area (Å²) >= 11 is 1.43. The molecule has 0 amide bonds. The van der Waals surface area contributed by atoms with E-state index in [0.717, 1.165) is 11.0 Å². The Balaban J connectivity index is 2.02. The zero-order valence-electron chi connectivity index (χ0n) is 8.58. The molecule has 1 aliphatic rings. The number of hydrogen-bond acceptors (Lipinski definition) is 5. The molecule has 1 aliphatic carbocycles. The zero-order valence-corrected chi connectivity index (χ0v) is 9.40. The first-order valence-electron chi connectivity index (χ1n) is 4.92. The highest BCUT2D eigenvalue weighted by Crippen LogP contribution is 2.39. The van der Waals surface area contributed by atoms with Gasteiger partial charge in [-0.15, -0.1) is 0 Å². The Morgan fingerprint density at radius 2 is 2.29 bits per heavy atom. The van der Waals surface area contributed by atoms with Gasteiger partial charge >= 0.3 is 0 Å². The standard InChI is InChI=1S/C9H16N4S/c1-9(2,5-10)12-8-11-7(13-14-8)6-3-4-6/h6H,3-5,10H2,1-2H3,(H,11,12,13). The van der Waals surface area contributed by atoms with Crippen LogP contribution in [0.3, 0.4) is 0 Å². The molecular formula is C9H16N4S. The molecule has 2 rings (SSSR count). The Labute approximate surface area is 88.1 Å². The molecule has 5 heteroatoms. The molecule has 0 spiro atoms. The summed E-state index contributed by atoms with van der Waals surface area (Å²) in [6, 6.07) is 0. The Kier molecular flexibility index (Phi) is 2.45. The van der Waals surface area contributed by atoms with E-state index in [9.17, 15) is 0 Å². The quantitative estimate of drug-likeness (QED) is 0.795. The lowest BCUT2D eigenvalue weighted by atomic mass is 10.1. The second-order valence-electron chi connectivity index (χ2n) is 4.45. The van der Waals surface area contributed by atoms with E-state index in [2.05, 4.69) is 28.5 Å². The Hall–Kier alpha value is -0.680. The van der Waals surface area contributed by atoms with E-state index in [0.29, 0.717) is 12.5 Å². The van der Waals surface area contributed by atoms with Crippen molar-refractivity contribution >= 4 is 16.7 Å². The fourth-order valence-electron chi connectivity index (χ4n) is 1.13. The summed E-state index contributed by atoms with van der Waals surface area (Å²) < 4.78 is 4.32. The van der Waals surface area contributed by atoms with Gasteiger partial charge in [0.25, 0.3) is 0 Å². The van der Waals surface area contributed by atoms with Crippen molar-refractivity contribution in [1.82, 2.24) is 9.36 Å². The van der Waals surface area contributed by atoms with Crippen LogP contribution in [0.2, 0.25) is 0 Å². The molecule has 78 valence electrons. The minimum Gasteiger partial charge on any atom is -0.354 e. The molecule has 1 saturated carbocycles. The summed E-state index contributed by atoms with van der Waals surface area (Å²) in [5.41, 5.74) is 5.53. The molecule has 0 aromatic carbocycles. The van der Waals surface area contributed by atoms with Crippen LogP contribution in [0.25, 0.3) is 0 Å². The Morgan fingerprint density at radius 1 is 1.57 bits per heavy atom.